The topological polar surface area (TPSA) is 26.3 Å². The summed E-state index contributed by atoms with van der Waals surface area (Å²) in [6, 6.07) is 9.36. The first-order valence-corrected chi connectivity index (χ1v) is 6.99. The average molecular weight is 358 g/mol. The molecule has 0 aromatic heterocycles. The molecule has 0 aliphatic heterocycles. The fraction of sp³-hybridized carbons (Fsp3) is 0.133. The Morgan fingerprint density at radius 2 is 2.05 bits per heavy atom. The SMILES string of the molecule is COc1ccc(Cl)cc1CC(=O)c1ccc(Br)cc1F. The van der Waals surface area contributed by atoms with Crippen LogP contribution in [0, 0.1) is 5.82 Å². The van der Waals surface area contributed by atoms with Crippen molar-refractivity contribution in [1.29, 1.82) is 0 Å². The number of Topliss-reactive ketones (excluding diaryl/α,β-unsaturated/α-hetero) is 1. The molecule has 2 rings (SSSR count). The van der Waals surface area contributed by atoms with Crippen LogP contribution in [-0.2, 0) is 6.42 Å². The van der Waals surface area contributed by atoms with Gasteiger partial charge in [0, 0.05) is 21.5 Å². The number of methoxy groups -OCH3 is 1. The fourth-order valence-electron chi connectivity index (χ4n) is 1.87. The van der Waals surface area contributed by atoms with Crippen molar-refractivity contribution < 1.29 is 13.9 Å². The lowest BCUT2D eigenvalue weighted by molar-refractivity contribution is 0.0988. The van der Waals surface area contributed by atoms with E-state index in [0.29, 0.717) is 20.8 Å². The van der Waals surface area contributed by atoms with E-state index in [-0.39, 0.29) is 17.8 Å². The normalized spacial score (nSPS) is 10.4. The van der Waals surface area contributed by atoms with Gasteiger partial charge in [-0.2, -0.15) is 0 Å². The molecule has 0 heterocycles. The Kier molecular flexibility index (Phi) is 4.78. The highest BCUT2D eigenvalue weighted by Gasteiger charge is 2.15. The minimum absolute atomic E-state index is 0.0300. The third-order valence-electron chi connectivity index (χ3n) is 2.82. The number of ketones is 1. The highest BCUT2D eigenvalue weighted by atomic mass is 79.9. The molecule has 0 fully saturated rings. The maximum Gasteiger partial charge on any atom is 0.170 e. The summed E-state index contributed by atoms with van der Waals surface area (Å²) in [6.45, 7) is 0. The zero-order valence-corrected chi connectivity index (χ0v) is 13.0. The van der Waals surface area contributed by atoms with E-state index in [0.717, 1.165) is 0 Å². The summed E-state index contributed by atoms with van der Waals surface area (Å²) in [7, 11) is 1.51. The predicted octanol–water partition coefficient (Wildman–Crippen LogP) is 4.68. The van der Waals surface area contributed by atoms with E-state index in [9.17, 15) is 9.18 Å². The number of rotatable bonds is 4. The first kappa shape index (κ1) is 15.0. The van der Waals surface area contributed by atoms with Crippen molar-refractivity contribution in [2.75, 3.05) is 7.11 Å². The van der Waals surface area contributed by atoms with Gasteiger partial charge in [0.2, 0.25) is 0 Å². The molecule has 5 heteroatoms. The number of hydrogen-bond acceptors (Lipinski definition) is 2. The van der Waals surface area contributed by atoms with Gasteiger partial charge in [0.15, 0.2) is 5.78 Å². The van der Waals surface area contributed by atoms with Gasteiger partial charge in [-0.25, -0.2) is 4.39 Å². The number of hydrogen-bond donors (Lipinski definition) is 0. The Morgan fingerprint density at radius 1 is 1.30 bits per heavy atom. The molecule has 0 atom stereocenters. The molecule has 0 spiro atoms. The largest absolute Gasteiger partial charge is 0.496 e. The Morgan fingerprint density at radius 3 is 2.70 bits per heavy atom. The highest BCUT2D eigenvalue weighted by molar-refractivity contribution is 9.10. The molecule has 0 unspecified atom stereocenters. The monoisotopic (exact) mass is 356 g/mol. The molecule has 2 aromatic carbocycles. The van der Waals surface area contributed by atoms with E-state index in [1.807, 2.05) is 0 Å². The molecule has 0 aliphatic rings. The number of carbonyl (C=O) groups is 1. The second-order valence-electron chi connectivity index (χ2n) is 4.18. The maximum absolute atomic E-state index is 13.8. The molecule has 0 aliphatic carbocycles. The van der Waals surface area contributed by atoms with E-state index < -0.39 is 5.82 Å². The first-order valence-electron chi connectivity index (χ1n) is 5.82. The highest BCUT2D eigenvalue weighted by Crippen LogP contribution is 2.25. The lowest BCUT2D eigenvalue weighted by Gasteiger charge is -2.09. The number of benzene rings is 2. The van der Waals surface area contributed by atoms with E-state index in [2.05, 4.69) is 15.9 Å². The molecular formula is C15H11BrClFO2. The molecule has 0 saturated heterocycles. The van der Waals surface area contributed by atoms with Crippen LogP contribution in [0.15, 0.2) is 40.9 Å². The predicted molar refractivity (Wildman–Crippen MR) is 80.1 cm³/mol. The molecule has 0 amide bonds. The summed E-state index contributed by atoms with van der Waals surface area (Å²) in [4.78, 5) is 12.2. The molecule has 2 aromatic rings. The molecule has 0 radical (unpaired) electrons. The first-order chi connectivity index (χ1) is 9.51. The Balaban J connectivity index is 2.30. The van der Waals surface area contributed by atoms with Crippen molar-refractivity contribution in [1.82, 2.24) is 0 Å². The van der Waals surface area contributed by atoms with Crippen LogP contribution in [0.4, 0.5) is 4.39 Å². The van der Waals surface area contributed by atoms with Crippen LogP contribution in [-0.4, -0.2) is 12.9 Å². The van der Waals surface area contributed by atoms with Gasteiger partial charge in [0.25, 0.3) is 0 Å². The van der Waals surface area contributed by atoms with Crippen LogP contribution in [0.1, 0.15) is 15.9 Å². The zero-order chi connectivity index (χ0) is 14.7. The average Bonchev–Trinajstić information content (AvgIpc) is 2.38. The number of halogens is 3. The second-order valence-corrected chi connectivity index (χ2v) is 5.53. The molecule has 0 N–H and O–H groups in total. The van der Waals surface area contributed by atoms with Crippen LogP contribution in [0.3, 0.4) is 0 Å². The maximum atomic E-state index is 13.8. The standard InChI is InChI=1S/C15H11BrClFO2/c1-20-15-5-3-11(17)6-9(15)7-14(19)12-4-2-10(16)8-13(12)18/h2-6,8H,7H2,1H3. The Bertz CT molecular complexity index is 658. The van der Waals surface area contributed by atoms with Crippen molar-refractivity contribution in [2.24, 2.45) is 0 Å². The summed E-state index contributed by atoms with van der Waals surface area (Å²) in [5.74, 6) is -0.318. The van der Waals surface area contributed by atoms with Gasteiger partial charge in [0.1, 0.15) is 11.6 Å². The molecular weight excluding hydrogens is 347 g/mol. The van der Waals surface area contributed by atoms with Gasteiger partial charge in [-0.05, 0) is 36.4 Å². The van der Waals surface area contributed by atoms with E-state index in [1.54, 1.807) is 24.3 Å². The Hall–Kier alpha value is -1.39. The molecule has 104 valence electrons. The molecule has 2 nitrogen and oxygen atoms in total. The lowest BCUT2D eigenvalue weighted by atomic mass is 10.0. The molecule has 0 bridgehead atoms. The van der Waals surface area contributed by atoms with Crippen molar-refractivity contribution in [2.45, 2.75) is 6.42 Å². The molecule has 0 saturated carbocycles. The van der Waals surface area contributed by atoms with Gasteiger partial charge < -0.3 is 4.74 Å². The lowest BCUT2D eigenvalue weighted by Crippen LogP contribution is -2.07. The third kappa shape index (κ3) is 3.38. The number of ether oxygens (including phenoxy) is 1. The van der Waals surface area contributed by atoms with Gasteiger partial charge in [-0.1, -0.05) is 27.5 Å². The van der Waals surface area contributed by atoms with Crippen LogP contribution in [0.5, 0.6) is 5.75 Å². The number of carbonyl (C=O) groups excluding carboxylic acids is 1. The molecule has 20 heavy (non-hydrogen) atoms. The minimum atomic E-state index is -0.551. The second kappa shape index (κ2) is 6.37. The summed E-state index contributed by atoms with van der Waals surface area (Å²) in [6.07, 6.45) is 0.0300. The van der Waals surface area contributed by atoms with Crippen molar-refractivity contribution in [3.63, 3.8) is 0 Å². The summed E-state index contributed by atoms with van der Waals surface area (Å²) in [5, 5.41) is 0.505. The van der Waals surface area contributed by atoms with Gasteiger partial charge in [-0.3, -0.25) is 4.79 Å². The van der Waals surface area contributed by atoms with Gasteiger partial charge in [0.05, 0.1) is 12.7 Å². The van der Waals surface area contributed by atoms with E-state index in [4.69, 9.17) is 16.3 Å². The van der Waals surface area contributed by atoms with Gasteiger partial charge >= 0.3 is 0 Å². The quantitative estimate of drug-likeness (QED) is 0.743. The van der Waals surface area contributed by atoms with Crippen LogP contribution in [0.25, 0.3) is 0 Å². The van der Waals surface area contributed by atoms with E-state index >= 15 is 0 Å². The zero-order valence-electron chi connectivity index (χ0n) is 10.6. The summed E-state index contributed by atoms with van der Waals surface area (Å²) >= 11 is 9.06. The van der Waals surface area contributed by atoms with Crippen molar-refractivity contribution >= 4 is 33.3 Å². The van der Waals surface area contributed by atoms with Crippen molar-refractivity contribution in [3.05, 3.63) is 62.8 Å². The minimum Gasteiger partial charge on any atom is -0.496 e. The fourth-order valence-corrected chi connectivity index (χ4v) is 2.40. The van der Waals surface area contributed by atoms with Crippen LogP contribution < -0.4 is 4.74 Å². The smallest absolute Gasteiger partial charge is 0.170 e. The van der Waals surface area contributed by atoms with Crippen molar-refractivity contribution in [3.8, 4) is 5.75 Å². The Labute approximate surface area is 129 Å². The van der Waals surface area contributed by atoms with E-state index in [1.165, 1.54) is 19.2 Å². The summed E-state index contributed by atoms with van der Waals surface area (Å²) in [5.41, 5.74) is 0.683. The summed E-state index contributed by atoms with van der Waals surface area (Å²) < 4.78 is 19.5. The van der Waals surface area contributed by atoms with Crippen LogP contribution >= 0.6 is 27.5 Å². The third-order valence-corrected chi connectivity index (χ3v) is 3.55. The van der Waals surface area contributed by atoms with Gasteiger partial charge in [-0.15, -0.1) is 0 Å². The van der Waals surface area contributed by atoms with Crippen LogP contribution in [0.2, 0.25) is 5.02 Å².